The van der Waals surface area contributed by atoms with E-state index in [1.807, 2.05) is 30.5 Å². The fourth-order valence-corrected chi connectivity index (χ4v) is 7.35. The highest BCUT2D eigenvalue weighted by Gasteiger charge is 2.46. The molecule has 0 aliphatic carbocycles. The molecule has 16 nitrogen and oxygen atoms in total. The van der Waals surface area contributed by atoms with Crippen LogP contribution in [0, 0.1) is 18.3 Å². The molecular weight excluding hydrogens is 792 g/mol. The van der Waals surface area contributed by atoms with Crippen molar-refractivity contribution in [3.8, 4) is 17.2 Å². The molecule has 4 aromatic rings. The highest BCUT2D eigenvalue weighted by atomic mass is 35.5. The summed E-state index contributed by atoms with van der Waals surface area (Å²) in [6.07, 6.45) is 4.56. The summed E-state index contributed by atoms with van der Waals surface area (Å²) in [5.41, 5.74) is 2.32. The van der Waals surface area contributed by atoms with E-state index in [-0.39, 0.29) is 47.9 Å². The molecule has 60 heavy (non-hydrogen) atoms. The van der Waals surface area contributed by atoms with Gasteiger partial charge in [-0.2, -0.15) is 0 Å². The Morgan fingerprint density at radius 2 is 1.67 bits per heavy atom. The molecule has 2 aliphatic rings. The quantitative estimate of drug-likeness (QED) is 0.0590. The van der Waals surface area contributed by atoms with E-state index in [2.05, 4.69) is 26.1 Å². The Balaban J connectivity index is 0.895. The predicted octanol–water partition coefficient (Wildman–Crippen LogP) is 4.50. The summed E-state index contributed by atoms with van der Waals surface area (Å²) in [5, 5.41) is 26.3. The predicted molar refractivity (Wildman–Crippen MR) is 221 cm³/mol. The van der Waals surface area contributed by atoms with Crippen molar-refractivity contribution >= 4 is 52.8 Å². The summed E-state index contributed by atoms with van der Waals surface area (Å²) in [6.45, 7) is 4.25. The topological polar surface area (TPSA) is 215 Å². The smallest absolute Gasteiger partial charge is 0.266 e. The summed E-state index contributed by atoms with van der Waals surface area (Å²) < 4.78 is 13.0. The van der Waals surface area contributed by atoms with Crippen molar-refractivity contribution in [3.05, 3.63) is 99.6 Å². The summed E-state index contributed by atoms with van der Waals surface area (Å²) in [6, 6.07) is 15.9. The van der Waals surface area contributed by atoms with Crippen LogP contribution >= 0.6 is 11.6 Å². The average Bonchev–Trinajstić information content (AvgIpc) is 3.73. The van der Waals surface area contributed by atoms with Gasteiger partial charge in [-0.15, -0.1) is 10.2 Å². The highest BCUT2D eigenvalue weighted by Crippen LogP contribution is 2.34. The third kappa shape index (κ3) is 9.88. The van der Waals surface area contributed by atoms with Crippen molar-refractivity contribution in [2.45, 2.75) is 71.3 Å². The molecule has 0 spiro atoms. The van der Waals surface area contributed by atoms with Crippen molar-refractivity contribution in [3.63, 3.8) is 0 Å². The largest absolute Gasteiger partial charge is 0.497 e. The number of hydrogen-bond acceptors (Lipinski definition) is 11. The number of methoxy groups -OCH3 is 1. The maximum absolute atomic E-state index is 13.2. The van der Waals surface area contributed by atoms with Crippen molar-refractivity contribution in [2.24, 2.45) is 5.92 Å². The minimum atomic E-state index is -1.10. The van der Waals surface area contributed by atoms with E-state index in [4.69, 9.17) is 26.5 Å². The van der Waals surface area contributed by atoms with Gasteiger partial charge in [0, 0.05) is 48.0 Å². The number of benzene rings is 3. The van der Waals surface area contributed by atoms with E-state index in [0.29, 0.717) is 58.7 Å². The second-order valence-corrected chi connectivity index (χ2v) is 15.1. The van der Waals surface area contributed by atoms with Crippen LogP contribution < -0.4 is 25.4 Å². The van der Waals surface area contributed by atoms with Crippen LogP contribution in [0.4, 0.5) is 0 Å². The van der Waals surface area contributed by atoms with Gasteiger partial charge in [0.15, 0.2) is 6.61 Å². The van der Waals surface area contributed by atoms with E-state index >= 15 is 0 Å². The van der Waals surface area contributed by atoms with E-state index in [0.717, 1.165) is 37.0 Å². The number of aromatic nitrogens is 3. The lowest BCUT2D eigenvalue weighted by Gasteiger charge is -2.27. The Hall–Kier alpha value is -6.42. The molecule has 6 amide bonds. The van der Waals surface area contributed by atoms with Gasteiger partial charge in [-0.25, -0.2) is 0 Å². The molecule has 6 rings (SSSR count). The zero-order valence-electron chi connectivity index (χ0n) is 33.6. The van der Waals surface area contributed by atoms with Gasteiger partial charge < -0.3 is 20.1 Å². The maximum Gasteiger partial charge on any atom is 0.266 e. The number of carbonyl (C=O) groups excluding carboxylic acids is 6. The highest BCUT2D eigenvalue weighted by molar-refractivity contribution is 6.30. The van der Waals surface area contributed by atoms with Crippen LogP contribution in [0.3, 0.4) is 0 Å². The van der Waals surface area contributed by atoms with Crippen molar-refractivity contribution in [1.29, 1.82) is 5.41 Å². The summed E-state index contributed by atoms with van der Waals surface area (Å²) in [7, 11) is 1.57. The molecule has 3 heterocycles. The first-order chi connectivity index (χ1) is 28.9. The molecule has 17 heteroatoms. The zero-order valence-corrected chi connectivity index (χ0v) is 34.4. The van der Waals surface area contributed by atoms with Gasteiger partial charge in [0.1, 0.15) is 29.2 Å². The number of carbonyl (C=O) groups is 6. The second kappa shape index (κ2) is 19.6. The Labute approximate surface area is 351 Å². The first-order valence-corrected chi connectivity index (χ1v) is 20.2. The molecule has 1 saturated heterocycles. The fourth-order valence-electron chi connectivity index (χ4n) is 7.22. The van der Waals surface area contributed by atoms with Crippen LogP contribution in [0.25, 0.3) is 5.69 Å². The molecule has 0 bridgehead atoms. The minimum absolute atomic E-state index is 0.00974. The van der Waals surface area contributed by atoms with Crippen LogP contribution in [0.1, 0.15) is 95.4 Å². The first-order valence-electron chi connectivity index (χ1n) is 19.8. The van der Waals surface area contributed by atoms with E-state index < -0.39 is 41.5 Å². The number of fused-ring (bicyclic) bond motifs is 1. The standard InChI is InChI=1S/C43H47ClN8O8/c1-25(22-35-50-49-26(2)51(35)32-17-16-29(59-3)23-31(32)39(45)27-12-14-28(44)15-13-27)40(55)47-21-8-6-4-5-7-20-46-37(54)24-60-34-11-9-10-30-38(34)43(58)52(42(30)57)33-18-19-36(53)48-41(33)56/h9-17,23,25,33,45H,4-8,18-22,24H2,1-3H3,(H,46,54)(H,47,55)(H,48,53,56)/t25-,33?/m1/s1. The van der Waals surface area contributed by atoms with Crippen LogP contribution in [0.15, 0.2) is 60.7 Å². The first kappa shape index (κ1) is 43.2. The number of imide groups is 2. The monoisotopic (exact) mass is 838 g/mol. The van der Waals surface area contributed by atoms with Gasteiger partial charge in [-0.3, -0.25) is 49.0 Å². The van der Waals surface area contributed by atoms with E-state index in [1.54, 1.807) is 37.4 Å². The van der Waals surface area contributed by atoms with E-state index in [9.17, 15) is 28.8 Å². The Morgan fingerprint density at radius 3 is 2.38 bits per heavy atom. The van der Waals surface area contributed by atoms with Gasteiger partial charge in [-0.05, 0) is 68.7 Å². The molecular formula is C43H47ClN8O8. The molecule has 3 aromatic carbocycles. The molecule has 314 valence electrons. The van der Waals surface area contributed by atoms with Crippen LogP contribution in [-0.4, -0.2) is 93.7 Å². The van der Waals surface area contributed by atoms with Crippen molar-refractivity contribution < 1.29 is 38.2 Å². The number of unbranched alkanes of at least 4 members (excludes halogenated alkanes) is 4. The van der Waals surface area contributed by atoms with Gasteiger partial charge in [0.2, 0.25) is 17.7 Å². The maximum atomic E-state index is 13.2. The average molecular weight is 839 g/mol. The van der Waals surface area contributed by atoms with Crippen molar-refractivity contribution in [1.82, 2.24) is 35.6 Å². The minimum Gasteiger partial charge on any atom is -0.497 e. The molecule has 1 fully saturated rings. The SMILES string of the molecule is COc1ccc(-n2c(C)nnc2C[C@@H](C)C(=O)NCCCCCCCNC(=O)COc2cccc3c2C(=O)N(C2CCC(=O)NC2=O)C3=O)c(C(=N)c2ccc(Cl)cc2)c1. The number of rotatable bonds is 19. The lowest BCUT2D eigenvalue weighted by Crippen LogP contribution is -2.54. The third-order valence-corrected chi connectivity index (χ3v) is 10.7. The molecule has 4 N–H and O–H groups in total. The number of hydrogen-bond donors (Lipinski definition) is 4. The molecule has 2 atom stereocenters. The lowest BCUT2D eigenvalue weighted by molar-refractivity contribution is -0.136. The van der Waals surface area contributed by atoms with Gasteiger partial charge in [0.25, 0.3) is 17.7 Å². The number of halogens is 1. The molecule has 0 saturated carbocycles. The number of ether oxygens (including phenoxy) is 2. The van der Waals surface area contributed by atoms with Crippen LogP contribution in [0.2, 0.25) is 5.02 Å². The van der Waals surface area contributed by atoms with E-state index in [1.165, 1.54) is 18.2 Å². The van der Waals surface area contributed by atoms with Gasteiger partial charge in [-0.1, -0.05) is 56.0 Å². The number of amides is 6. The number of piperidine rings is 1. The zero-order chi connectivity index (χ0) is 42.9. The fraction of sp³-hybridized carbons (Fsp3) is 0.372. The molecule has 1 unspecified atom stereocenters. The third-order valence-electron chi connectivity index (χ3n) is 10.4. The van der Waals surface area contributed by atoms with Crippen molar-refractivity contribution in [2.75, 3.05) is 26.8 Å². The molecule has 1 aromatic heterocycles. The summed E-state index contributed by atoms with van der Waals surface area (Å²) in [4.78, 5) is 76.7. The van der Waals surface area contributed by atoms with Crippen LogP contribution in [-0.2, 0) is 25.6 Å². The summed E-state index contributed by atoms with van der Waals surface area (Å²) >= 11 is 6.09. The Bertz CT molecular complexity index is 2310. The number of nitrogens with zero attached hydrogens (tertiary/aromatic N) is 4. The normalized spacial score (nSPS) is 15.3. The second-order valence-electron chi connectivity index (χ2n) is 14.7. The Morgan fingerprint density at radius 1 is 0.950 bits per heavy atom. The molecule has 0 radical (unpaired) electrons. The molecule has 2 aliphatic heterocycles. The Kier molecular flexibility index (Phi) is 14.1. The summed E-state index contributed by atoms with van der Waals surface area (Å²) in [5.74, 6) is -1.54. The number of aryl methyl sites for hydroxylation is 1. The number of nitrogens with one attached hydrogen (secondary N) is 4. The lowest BCUT2D eigenvalue weighted by atomic mass is 9.99. The van der Waals surface area contributed by atoms with Gasteiger partial charge in [0.05, 0.1) is 29.6 Å². The van der Waals surface area contributed by atoms with Gasteiger partial charge >= 0.3 is 0 Å². The van der Waals surface area contributed by atoms with Crippen LogP contribution in [0.5, 0.6) is 11.5 Å².